The Labute approximate surface area is 68.2 Å². The number of Topliss-reactive ketones (excluding diaryl/α,β-unsaturated/α-hetero) is 1. The van der Waals surface area contributed by atoms with E-state index in [0.29, 0.717) is 6.29 Å². The summed E-state index contributed by atoms with van der Waals surface area (Å²) in [7, 11) is 0. The highest BCUT2D eigenvalue weighted by molar-refractivity contribution is 6.02. The van der Waals surface area contributed by atoms with Crippen LogP contribution >= 0.6 is 0 Å². The molecule has 1 rings (SSSR count). The van der Waals surface area contributed by atoms with Crippen LogP contribution in [0.4, 0.5) is 4.39 Å². The van der Waals surface area contributed by atoms with E-state index in [1.165, 1.54) is 12.3 Å². The lowest BCUT2D eigenvalue weighted by Gasteiger charge is -1.96. The Bertz CT molecular complexity index is 312. The second-order valence-electron chi connectivity index (χ2n) is 2.15. The average Bonchev–Trinajstić information content (AvgIpc) is 2.05. The van der Waals surface area contributed by atoms with Crippen LogP contribution in [0.15, 0.2) is 18.5 Å². The number of halogens is 1. The van der Waals surface area contributed by atoms with Gasteiger partial charge in [-0.3, -0.25) is 9.78 Å². The predicted molar refractivity (Wildman–Crippen MR) is 39.2 cm³/mol. The van der Waals surface area contributed by atoms with Crippen molar-refractivity contribution in [1.29, 1.82) is 0 Å². The minimum atomic E-state index is -0.690. The van der Waals surface area contributed by atoms with Crippen LogP contribution in [0.5, 0.6) is 0 Å². The third-order valence-electron chi connectivity index (χ3n) is 1.34. The van der Waals surface area contributed by atoms with E-state index in [-0.39, 0.29) is 12.0 Å². The molecule has 0 saturated heterocycles. The Hall–Kier alpha value is -1.58. The Balaban J connectivity index is 2.94. The number of carbonyl (C=O) groups excluding carboxylic acids is 2. The minimum Gasteiger partial charge on any atom is -0.303 e. The molecule has 1 aromatic rings. The van der Waals surface area contributed by atoms with Gasteiger partial charge in [0, 0.05) is 6.20 Å². The number of rotatable bonds is 3. The van der Waals surface area contributed by atoms with E-state index in [1.807, 2.05) is 0 Å². The molecule has 1 heterocycles. The van der Waals surface area contributed by atoms with Gasteiger partial charge in [-0.25, -0.2) is 4.39 Å². The number of nitrogens with zero attached hydrogens (tertiary/aromatic N) is 1. The van der Waals surface area contributed by atoms with Crippen LogP contribution in [0.2, 0.25) is 0 Å². The second-order valence-corrected chi connectivity index (χ2v) is 2.15. The average molecular weight is 167 g/mol. The summed E-state index contributed by atoms with van der Waals surface area (Å²) < 4.78 is 12.8. The molecule has 0 N–H and O–H groups in total. The van der Waals surface area contributed by atoms with Gasteiger partial charge in [0.15, 0.2) is 11.6 Å². The summed E-state index contributed by atoms with van der Waals surface area (Å²) in [4.78, 5) is 24.4. The first-order valence-electron chi connectivity index (χ1n) is 3.32. The number of pyridine rings is 1. The monoisotopic (exact) mass is 167 g/mol. The molecular formula is C8H6FNO2. The normalized spacial score (nSPS) is 9.42. The van der Waals surface area contributed by atoms with E-state index >= 15 is 0 Å². The van der Waals surface area contributed by atoms with E-state index in [2.05, 4.69) is 4.98 Å². The van der Waals surface area contributed by atoms with Gasteiger partial charge in [0.2, 0.25) is 0 Å². The maximum Gasteiger partial charge on any atom is 0.172 e. The first kappa shape index (κ1) is 8.52. The van der Waals surface area contributed by atoms with Gasteiger partial charge < -0.3 is 4.79 Å². The van der Waals surface area contributed by atoms with Crippen molar-refractivity contribution in [2.75, 3.05) is 0 Å². The fraction of sp³-hybridized carbons (Fsp3) is 0.125. The second kappa shape index (κ2) is 3.71. The summed E-state index contributed by atoms with van der Waals surface area (Å²) in [5, 5.41) is 0. The maximum absolute atomic E-state index is 12.8. The van der Waals surface area contributed by atoms with Gasteiger partial charge in [-0.15, -0.1) is 0 Å². The molecule has 12 heavy (non-hydrogen) atoms. The number of hydrogen-bond acceptors (Lipinski definition) is 3. The number of aldehydes is 1. The topological polar surface area (TPSA) is 47.0 Å². The zero-order chi connectivity index (χ0) is 8.97. The lowest BCUT2D eigenvalue weighted by molar-refractivity contribution is -0.107. The molecule has 0 aromatic carbocycles. The molecule has 0 aliphatic carbocycles. The summed E-state index contributed by atoms with van der Waals surface area (Å²) >= 11 is 0. The van der Waals surface area contributed by atoms with Crippen LogP contribution in [0.25, 0.3) is 0 Å². The minimum absolute atomic E-state index is 0.0860. The Morgan fingerprint density at radius 1 is 1.67 bits per heavy atom. The van der Waals surface area contributed by atoms with E-state index < -0.39 is 11.6 Å². The summed E-state index contributed by atoms with van der Waals surface area (Å²) in [6, 6.07) is 1.25. The molecule has 4 heteroatoms. The zero-order valence-corrected chi connectivity index (χ0v) is 6.16. The maximum atomic E-state index is 12.8. The van der Waals surface area contributed by atoms with Crippen LogP contribution < -0.4 is 0 Å². The number of aromatic nitrogens is 1. The van der Waals surface area contributed by atoms with Crippen LogP contribution in [0, 0.1) is 5.82 Å². The largest absolute Gasteiger partial charge is 0.303 e. The van der Waals surface area contributed by atoms with Crippen molar-refractivity contribution >= 4 is 12.1 Å². The first-order chi connectivity index (χ1) is 5.75. The van der Waals surface area contributed by atoms with Gasteiger partial charge in [-0.1, -0.05) is 0 Å². The van der Waals surface area contributed by atoms with Crippen molar-refractivity contribution < 1.29 is 14.0 Å². The van der Waals surface area contributed by atoms with E-state index in [0.717, 1.165) is 6.20 Å². The molecule has 0 aliphatic heterocycles. The van der Waals surface area contributed by atoms with Crippen LogP contribution in [-0.4, -0.2) is 17.1 Å². The van der Waals surface area contributed by atoms with Crippen molar-refractivity contribution in [2.24, 2.45) is 0 Å². The Kier molecular flexibility index (Phi) is 2.63. The fourth-order valence-electron chi connectivity index (χ4n) is 0.787. The Morgan fingerprint density at radius 3 is 3.00 bits per heavy atom. The summed E-state index contributed by atoms with van der Waals surface area (Å²) in [5.41, 5.74) is -0.0860. The molecule has 0 amide bonds. The quantitative estimate of drug-likeness (QED) is 0.383. The number of carbonyl (C=O) groups is 2. The molecule has 0 saturated carbocycles. The van der Waals surface area contributed by atoms with E-state index in [1.54, 1.807) is 0 Å². The number of hydrogen-bond donors (Lipinski definition) is 0. The zero-order valence-electron chi connectivity index (χ0n) is 6.16. The highest BCUT2D eigenvalue weighted by Crippen LogP contribution is 2.06. The molecular weight excluding hydrogens is 161 g/mol. The Morgan fingerprint density at radius 2 is 2.42 bits per heavy atom. The molecule has 1 aromatic heterocycles. The molecule has 0 aliphatic rings. The summed E-state index contributed by atoms with van der Waals surface area (Å²) in [6.07, 6.45) is 2.41. The third-order valence-corrected chi connectivity index (χ3v) is 1.34. The molecule has 0 bridgehead atoms. The van der Waals surface area contributed by atoms with Crippen LogP contribution in [0.1, 0.15) is 16.8 Å². The predicted octanol–water partition coefficient (Wildman–Crippen LogP) is 0.992. The summed E-state index contributed by atoms with van der Waals surface area (Å²) in [5.74, 6) is -1.21. The van der Waals surface area contributed by atoms with E-state index in [9.17, 15) is 14.0 Å². The lowest BCUT2D eigenvalue weighted by atomic mass is 10.1. The van der Waals surface area contributed by atoms with Gasteiger partial charge in [-0.05, 0) is 6.07 Å². The van der Waals surface area contributed by atoms with Crippen LogP contribution in [-0.2, 0) is 4.79 Å². The molecule has 0 unspecified atom stereocenters. The van der Waals surface area contributed by atoms with Gasteiger partial charge >= 0.3 is 0 Å². The van der Waals surface area contributed by atoms with Crippen molar-refractivity contribution in [3.63, 3.8) is 0 Å². The third kappa shape index (κ3) is 1.72. The van der Waals surface area contributed by atoms with Crippen LogP contribution in [0.3, 0.4) is 0 Å². The van der Waals surface area contributed by atoms with Crippen molar-refractivity contribution in [1.82, 2.24) is 4.98 Å². The van der Waals surface area contributed by atoms with Gasteiger partial charge in [0.05, 0.1) is 18.2 Å². The van der Waals surface area contributed by atoms with Gasteiger partial charge in [0.1, 0.15) is 6.29 Å². The van der Waals surface area contributed by atoms with Crippen molar-refractivity contribution in [3.8, 4) is 0 Å². The van der Waals surface area contributed by atoms with E-state index in [4.69, 9.17) is 0 Å². The molecule has 3 nitrogen and oxygen atoms in total. The molecule has 0 fully saturated rings. The van der Waals surface area contributed by atoms with Crippen molar-refractivity contribution in [2.45, 2.75) is 6.42 Å². The smallest absolute Gasteiger partial charge is 0.172 e. The first-order valence-corrected chi connectivity index (χ1v) is 3.32. The fourth-order valence-corrected chi connectivity index (χ4v) is 0.787. The SMILES string of the molecule is O=CCC(=O)c1ccncc1F. The summed E-state index contributed by atoms with van der Waals surface area (Å²) in [6.45, 7) is 0. The van der Waals surface area contributed by atoms with Gasteiger partial charge in [-0.2, -0.15) is 0 Å². The lowest BCUT2D eigenvalue weighted by Crippen LogP contribution is -2.02. The van der Waals surface area contributed by atoms with Crippen molar-refractivity contribution in [3.05, 3.63) is 29.8 Å². The highest BCUT2D eigenvalue weighted by Gasteiger charge is 2.09. The molecule has 0 radical (unpaired) electrons. The number of ketones is 1. The standard InChI is InChI=1S/C8H6FNO2/c9-7-5-10-3-1-6(7)8(12)2-4-11/h1,3-5H,2H2. The molecule has 62 valence electrons. The highest BCUT2D eigenvalue weighted by atomic mass is 19.1. The molecule has 0 atom stereocenters. The van der Waals surface area contributed by atoms with Gasteiger partial charge in [0.25, 0.3) is 0 Å². The molecule has 0 spiro atoms.